The Labute approximate surface area is 189 Å². The topological polar surface area (TPSA) is 105 Å². The van der Waals surface area contributed by atoms with Crippen LogP contribution in [0.3, 0.4) is 0 Å². The van der Waals surface area contributed by atoms with E-state index in [2.05, 4.69) is 10.6 Å². The Kier molecular flexibility index (Phi) is 5.87. The number of halogens is 2. The molecule has 0 unspecified atom stereocenters. The molecular weight excluding hydrogens is 461 g/mol. The number of carbonyl (C=O) groups is 2. The Morgan fingerprint density at radius 1 is 1.31 bits per heavy atom. The molecule has 2 heterocycles. The van der Waals surface area contributed by atoms with Crippen molar-refractivity contribution in [2.75, 3.05) is 17.2 Å². The molecule has 2 aromatic carbocycles. The number of benzene rings is 2. The molecule has 1 saturated heterocycles. The van der Waals surface area contributed by atoms with Gasteiger partial charge in [-0.25, -0.2) is 12.8 Å². The van der Waals surface area contributed by atoms with Crippen LogP contribution in [-0.2, 0) is 19.6 Å². The first-order chi connectivity index (χ1) is 15.1. The summed E-state index contributed by atoms with van der Waals surface area (Å²) >= 11 is 5.98. The lowest BCUT2D eigenvalue weighted by atomic mass is 10.1. The maximum absolute atomic E-state index is 13.5. The Morgan fingerprint density at radius 2 is 2.06 bits per heavy atom. The smallest absolute Gasteiger partial charge is 0.265 e. The molecule has 1 fully saturated rings. The normalized spacial score (nSPS) is 20.9. The van der Waals surface area contributed by atoms with Crippen molar-refractivity contribution >= 4 is 44.8 Å². The summed E-state index contributed by atoms with van der Waals surface area (Å²) in [6, 6.07) is 5.51. The minimum atomic E-state index is -4.05. The Balaban J connectivity index is 1.63. The molecule has 0 bridgehead atoms. The number of amides is 2. The van der Waals surface area contributed by atoms with E-state index in [-0.39, 0.29) is 33.8 Å². The number of anilines is 2. The fourth-order valence-electron chi connectivity index (χ4n) is 3.84. The SMILES string of the molecule is Cc1cc2c(cc1S(=O)(=O)N1CCC[C@H]1C(=O)Nc1ccc(F)cc1Cl)O[C@@H](C)C(=O)N2. The summed E-state index contributed by atoms with van der Waals surface area (Å²) in [7, 11) is -4.05. The first-order valence-corrected chi connectivity index (χ1v) is 11.8. The van der Waals surface area contributed by atoms with Gasteiger partial charge >= 0.3 is 0 Å². The third kappa shape index (κ3) is 4.05. The van der Waals surface area contributed by atoms with Gasteiger partial charge in [0.15, 0.2) is 6.10 Å². The maximum atomic E-state index is 13.5. The highest BCUT2D eigenvalue weighted by atomic mass is 35.5. The Morgan fingerprint density at radius 3 is 2.78 bits per heavy atom. The Bertz CT molecular complexity index is 1220. The minimum Gasteiger partial charge on any atom is -0.479 e. The van der Waals surface area contributed by atoms with E-state index in [4.69, 9.17) is 16.3 Å². The molecule has 2 aliphatic rings. The number of fused-ring (bicyclic) bond motifs is 1. The van der Waals surface area contributed by atoms with Crippen molar-refractivity contribution in [3.05, 3.63) is 46.7 Å². The van der Waals surface area contributed by atoms with Gasteiger partial charge in [-0.15, -0.1) is 0 Å². The van der Waals surface area contributed by atoms with Gasteiger partial charge in [-0.3, -0.25) is 9.59 Å². The van der Waals surface area contributed by atoms with Gasteiger partial charge in [0.25, 0.3) is 5.91 Å². The van der Waals surface area contributed by atoms with Crippen molar-refractivity contribution in [3.63, 3.8) is 0 Å². The number of aryl methyl sites for hydroxylation is 1. The number of nitrogens with one attached hydrogen (secondary N) is 2. The molecule has 2 atom stereocenters. The van der Waals surface area contributed by atoms with Crippen LogP contribution in [0.5, 0.6) is 5.75 Å². The molecule has 2 aliphatic heterocycles. The second kappa shape index (κ2) is 8.34. The van der Waals surface area contributed by atoms with E-state index >= 15 is 0 Å². The van der Waals surface area contributed by atoms with E-state index < -0.39 is 33.9 Å². The summed E-state index contributed by atoms with van der Waals surface area (Å²) in [5.41, 5.74) is 1.01. The molecule has 0 radical (unpaired) electrons. The number of hydrogen-bond acceptors (Lipinski definition) is 5. The lowest BCUT2D eigenvalue weighted by molar-refractivity contribution is -0.122. The molecule has 4 rings (SSSR count). The van der Waals surface area contributed by atoms with Gasteiger partial charge in [-0.05, 0) is 56.5 Å². The first kappa shape index (κ1) is 22.5. The molecule has 0 aliphatic carbocycles. The monoisotopic (exact) mass is 481 g/mol. The molecule has 0 saturated carbocycles. The van der Waals surface area contributed by atoms with Gasteiger partial charge in [0.05, 0.1) is 21.3 Å². The average Bonchev–Trinajstić information content (AvgIpc) is 3.22. The zero-order chi connectivity index (χ0) is 23.2. The van der Waals surface area contributed by atoms with Gasteiger partial charge < -0.3 is 15.4 Å². The highest BCUT2D eigenvalue weighted by Crippen LogP contribution is 2.37. The van der Waals surface area contributed by atoms with Crippen molar-refractivity contribution in [1.29, 1.82) is 0 Å². The maximum Gasteiger partial charge on any atom is 0.265 e. The van der Waals surface area contributed by atoms with E-state index in [1.54, 1.807) is 13.8 Å². The quantitative estimate of drug-likeness (QED) is 0.697. The lowest BCUT2D eigenvalue weighted by Crippen LogP contribution is -2.43. The predicted molar refractivity (Wildman–Crippen MR) is 117 cm³/mol. The van der Waals surface area contributed by atoms with Crippen LogP contribution in [0.2, 0.25) is 5.02 Å². The molecule has 2 aromatic rings. The van der Waals surface area contributed by atoms with Crippen molar-refractivity contribution in [3.8, 4) is 5.75 Å². The van der Waals surface area contributed by atoms with Crippen LogP contribution in [-0.4, -0.2) is 43.2 Å². The van der Waals surface area contributed by atoms with Crippen LogP contribution in [0.1, 0.15) is 25.3 Å². The number of nitrogens with zero attached hydrogens (tertiary/aromatic N) is 1. The zero-order valence-corrected chi connectivity index (χ0v) is 18.9. The molecule has 170 valence electrons. The van der Waals surface area contributed by atoms with E-state index in [0.717, 1.165) is 16.4 Å². The summed E-state index contributed by atoms with van der Waals surface area (Å²) in [5.74, 6) is -1.16. The van der Waals surface area contributed by atoms with Gasteiger partial charge in [0.2, 0.25) is 15.9 Å². The largest absolute Gasteiger partial charge is 0.479 e. The second-order valence-electron chi connectivity index (χ2n) is 7.75. The first-order valence-electron chi connectivity index (χ1n) is 9.98. The van der Waals surface area contributed by atoms with Gasteiger partial charge in [0.1, 0.15) is 17.6 Å². The van der Waals surface area contributed by atoms with Gasteiger partial charge in [0, 0.05) is 12.6 Å². The molecule has 32 heavy (non-hydrogen) atoms. The van der Waals surface area contributed by atoms with E-state index in [9.17, 15) is 22.4 Å². The summed E-state index contributed by atoms with van der Waals surface area (Å²) in [6.07, 6.45) is 0.0750. The third-order valence-electron chi connectivity index (χ3n) is 5.49. The summed E-state index contributed by atoms with van der Waals surface area (Å²) in [4.78, 5) is 24.7. The molecular formula is C21H21ClFN3O5S. The fraction of sp³-hybridized carbons (Fsp3) is 0.333. The number of rotatable bonds is 4. The number of carbonyl (C=O) groups excluding carboxylic acids is 2. The van der Waals surface area contributed by atoms with Crippen molar-refractivity contribution in [2.24, 2.45) is 0 Å². The van der Waals surface area contributed by atoms with Crippen molar-refractivity contribution < 1.29 is 27.1 Å². The van der Waals surface area contributed by atoms with Crippen LogP contribution < -0.4 is 15.4 Å². The molecule has 0 spiro atoms. The molecule has 0 aromatic heterocycles. The lowest BCUT2D eigenvalue weighted by Gasteiger charge is -2.27. The number of ether oxygens (including phenoxy) is 1. The number of sulfonamides is 1. The summed E-state index contributed by atoms with van der Waals surface area (Å²) in [5, 5.41) is 5.30. The van der Waals surface area contributed by atoms with Crippen molar-refractivity contribution in [2.45, 2.75) is 43.7 Å². The van der Waals surface area contributed by atoms with E-state index in [1.165, 1.54) is 18.2 Å². The Hall–Kier alpha value is -2.69. The zero-order valence-electron chi connectivity index (χ0n) is 17.3. The standard InChI is InChI=1S/C21H21ClFN3O5S/c1-11-8-16-18(31-12(2)20(27)25-16)10-19(11)32(29,30)26-7-3-4-17(26)21(28)24-15-6-5-13(23)9-14(15)22/h5-6,8-10,12,17H,3-4,7H2,1-2H3,(H,24,28)(H,25,27)/t12-,17-/m0/s1. The van der Waals surface area contributed by atoms with Gasteiger partial charge in [-0.1, -0.05) is 11.6 Å². The van der Waals surface area contributed by atoms with E-state index in [0.29, 0.717) is 24.1 Å². The van der Waals surface area contributed by atoms with Crippen LogP contribution in [0, 0.1) is 12.7 Å². The molecule has 8 nitrogen and oxygen atoms in total. The molecule has 2 N–H and O–H groups in total. The summed E-state index contributed by atoms with van der Waals surface area (Å²) < 4.78 is 47.0. The predicted octanol–water partition coefficient (Wildman–Crippen LogP) is 3.30. The minimum absolute atomic E-state index is 0.000821. The molecule has 2 amide bonds. The van der Waals surface area contributed by atoms with Crippen LogP contribution in [0.4, 0.5) is 15.8 Å². The highest BCUT2D eigenvalue weighted by molar-refractivity contribution is 7.89. The summed E-state index contributed by atoms with van der Waals surface area (Å²) in [6.45, 7) is 3.34. The van der Waals surface area contributed by atoms with Crippen LogP contribution in [0.25, 0.3) is 0 Å². The van der Waals surface area contributed by atoms with E-state index in [1.807, 2.05) is 0 Å². The third-order valence-corrected chi connectivity index (χ3v) is 7.85. The van der Waals surface area contributed by atoms with Crippen LogP contribution >= 0.6 is 11.6 Å². The second-order valence-corrected chi connectivity index (χ2v) is 10.0. The van der Waals surface area contributed by atoms with Gasteiger partial charge in [-0.2, -0.15) is 4.31 Å². The average molecular weight is 482 g/mol. The van der Waals surface area contributed by atoms with Crippen molar-refractivity contribution in [1.82, 2.24) is 4.31 Å². The van der Waals surface area contributed by atoms with Crippen LogP contribution in [0.15, 0.2) is 35.2 Å². The molecule has 11 heteroatoms. The number of hydrogen-bond donors (Lipinski definition) is 2. The fourth-order valence-corrected chi connectivity index (χ4v) is 5.94. The highest BCUT2D eigenvalue weighted by Gasteiger charge is 2.41.